The van der Waals surface area contributed by atoms with Crippen molar-refractivity contribution in [3.05, 3.63) is 52.8 Å². The fourth-order valence-corrected chi connectivity index (χ4v) is 4.83. The molecule has 2 fully saturated rings. The topological polar surface area (TPSA) is 45.5 Å². The number of rotatable bonds is 2. The summed E-state index contributed by atoms with van der Waals surface area (Å²) < 4.78 is 2.04. The van der Waals surface area contributed by atoms with E-state index in [1.54, 1.807) is 0 Å². The Balaban J connectivity index is 1.68. The third-order valence-electron chi connectivity index (χ3n) is 6.70. The first-order valence-electron chi connectivity index (χ1n) is 10.2. The average Bonchev–Trinajstić information content (AvgIpc) is 3.22. The second-order valence-corrected chi connectivity index (χ2v) is 8.33. The smallest absolute Gasteiger partial charge is 0.256 e. The standard InChI is InChI=1S/C23H29N3O2/c1-16-7-9-19(10-8-16)25-13-5-11-23(22(25)28)12-6-14-26(23)21(27)20-15-17(2)24(4)18(20)3/h7-10,15H,5-6,11-14H2,1-4H3. The number of aryl methyl sites for hydroxylation is 2. The van der Waals surface area contributed by atoms with Crippen molar-refractivity contribution in [2.45, 2.75) is 52.0 Å². The van der Waals surface area contributed by atoms with Gasteiger partial charge in [-0.25, -0.2) is 0 Å². The van der Waals surface area contributed by atoms with E-state index in [1.165, 1.54) is 5.56 Å². The first-order chi connectivity index (χ1) is 13.3. The minimum absolute atomic E-state index is 0.00203. The number of aromatic nitrogens is 1. The van der Waals surface area contributed by atoms with Crippen molar-refractivity contribution in [1.82, 2.24) is 9.47 Å². The maximum Gasteiger partial charge on any atom is 0.256 e. The van der Waals surface area contributed by atoms with E-state index in [1.807, 2.05) is 72.5 Å². The van der Waals surface area contributed by atoms with E-state index in [2.05, 4.69) is 0 Å². The Morgan fingerprint density at radius 2 is 1.64 bits per heavy atom. The van der Waals surface area contributed by atoms with Crippen molar-refractivity contribution < 1.29 is 9.59 Å². The molecule has 2 aliphatic rings. The van der Waals surface area contributed by atoms with Gasteiger partial charge in [0.25, 0.3) is 11.8 Å². The number of amides is 2. The molecule has 5 heteroatoms. The molecule has 0 saturated carbocycles. The normalized spacial score (nSPS) is 22.4. The van der Waals surface area contributed by atoms with Crippen LogP contribution in [-0.2, 0) is 11.8 Å². The summed E-state index contributed by atoms with van der Waals surface area (Å²) in [6.07, 6.45) is 3.30. The van der Waals surface area contributed by atoms with Crippen LogP contribution in [0.25, 0.3) is 0 Å². The molecular formula is C23H29N3O2. The molecule has 3 heterocycles. The van der Waals surface area contributed by atoms with Crippen LogP contribution >= 0.6 is 0 Å². The Bertz CT molecular complexity index is 928. The van der Waals surface area contributed by atoms with Gasteiger partial charge in [-0.05, 0) is 64.7 Å². The lowest BCUT2D eigenvalue weighted by molar-refractivity contribution is -0.130. The van der Waals surface area contributed by atoms with Crippen molar-refractivity contribution in [3.63, 3.8) is 0 Å². The molecule has 0 N–H and O–H groups in total. The first kappa shape index (κ1) is 18.8. The summed E-state index contributed by atoms with van der Waals surface area (Å²) in [6.45, 7) is 7.40. The van der Waals surface area contributed by atoms with Crippen molar-refractivity contribution >= 4 is 17.5 Å². The highest BCUT2D eigenvalue weighted by atomic mass is 16.2. The Morgan fingerprint density at radius 3 is 2.25 bits per heavy atom. The fourth-order valence-electron chi connectivity index (χ4n) is 4.83. The molecular weight excluding hydrogens is 350 g/mol. The molecule has 148 valence electrons. The molecule has 0 bridgehead atoms. The van der Waals surface area contributed by atoms with E-state index in [-0.39, 0.29) is 11.8 Å². The Kier molecular flexibility index (Phi) is 4.56. The molecule has 1 aromatic heterocycles. The van der Waals surface area contributed by atoms with E-state index in [9.17, 15) is 9.59 Å². The van der Waals surface area contributed by atoms with Crippen LogP contribution in [0.2, 0.25) is 0 Å². The molecule has 2 saturated heterocycles. The lowest BCUT2D eigenvalue weighted by Crippen LogP contribution is -2.61. The van der Waals surface area contributed by atoms with E-state index < -0.39 is 5.54 Å². The minimum Gasteiger partial charge on any atom is -0.351 e. The van der Waals surface area contributed by atoms with Crippen LogP contribution in [0.3, 0.4) is 0 Å². The zero-order chi connectivity index (χ0) is 20.1. The maximum atomic E-state index is 13.7. The maximum absolute atomic E-state index is 13.7. The van der Waals surface area contributed by atoms with Gasteiger partial charge in [-0.2, -0.15) is 0 Å². The molecule has 4 rings (SSSR count). The van der Waals surface area contributed by atoms with Crippen LogP contribution in [0.15, 0.2) is 30.3 Å². The number of anilines is 1. The van der Waals surface area contributed by atoms with Gasteiger partial charge in [0.15, 0.2) is 0 Å². The molecule has 5 nitrogen and oxygen atoms in total. The number of hydrogen-bond acceptors (Lipinski definition) is 2. The number of hydrogen-bond donors (Lipinski definition) is 0. The van der Waals surface area contributed by atoms with Crippen molar-refractivity contribution in [3.8, 4) is 0 Å². The second kappa shape index (κ2) is 6.80. The van der Waals surface area contributed by atoms with Crippen LogP contribution in [-0.4, -0.2) is 39.9 Å². The number of nitrogens with zero attached hydrogens (tertiary/aromatic N) is 3. The second-order valence-electron chi connectivity index (χ2n) is 8.33. The predicted octanol–water partition coefficient (Wildman–Crippen LogP) is 3.75. The van der Waals surface area contributed by atoms with Crippen molar-refractivity contribution in [2.75, 3.05) is 18.0 Å². The van der Waals surface area contributed by atoms with Gasteiger partial charge < -0.3 is 14.4 Å². The molecule has 0 aliphatic carbocycles. The van der Waals surface area contributed by atoms with Crippen LogP contribution < -0.4 is 4.90 Å². The van der Waals surface area contributed by atoms with E-state index in [0.717, 1.165) is 54.9 Å². The molecule has 2 amide bonds. The summed E-state index contributed by atoms with van der Waals surface area (Å²) >= 11 is 0. The van der Waals surface area contributed by atoms with E-state index in [4.69, 9.17) is 0 Å². The van der Waals surface area contributed by atoms with Gasteiger partial charge >= 0.3 is 0 Å². The molecule has 28 heavy (non-hydrogen) atoms. The van der Waals surface area contributed by atoms with Gasteiger partial charge in [-0.3, -0.25) is 9.59 Å². The minimum atomic E-state index is -0.698. The summed E-state index contributed by atoms with van der Waals surface area (Å²) in [5.41, 5.74) is 4.16. The third-order valence-corrected chi connectivity index (χ3v) is 6.70. The summed E-state index contributed by atoms with van der Waals surface area (Å²) in [4.78, 5) is 30.9. The molecule has 2 aliphatic heterocycles. The third kappa shape index (κ3) is 2.76. The van der Waals surface area contributed by atoms with Gasteiger partial charge in [0.05, 0.1) is 5.56 Å². The Morgan fingerprint density at radius 1 is 1.00 bits per heavy atom. The van der Waals surface area contributed by atoms with Gasteiger partial charge in [-0.1, -0.05) is 17.7 Å². The molecule has 0 radical (unpaired) electrons. The monoisotopic (exact) mass is 379 g/mol. The lowest BCUT2D eigenvalue weighted by Gasteiger charge is -2.44. The zero-order valence-electron chi connectivity index (χ0n) is 17.3. The van der Waals surface area contributed by atoms with Crippen molar-refractivity contribution in [2.24, 2.45) is 7.05 Å². The largest absolute Gasteiger partial charge is 0.351 e. The van der Waals surface area contributed by atoms with Gasteiger partial charge in [0.1, 0.15) is 5.54 Å². The van der Waals surface area contributed by atoms with Gasteiger partial charge in [0, 0.05) is 37.2 Å². The van der Waals surface area contributed by atoms with E-state index in [0.29, 0.717) is 6.54 Å². The predicted molar refractivity (Wildman–Crippen MR) is 111 cm³/mol. The van der Waals surface area contributed by atoms with Gasteiger partial charge in [-0.15, -0.1) is 0 Å². The zero-order valence-corrected chi connectivity index (χ0v) is 17.3. The van der Waals surface area contributed by atoms with Crippen LogP contribution in [0.5, 0.6) is 0 Å². The molecule has 2 aromatic rings. The summed E-state index contributed by atoms with van der Waals surface area (Å²) in [7, 11) is 1.98. The molecule has 1 unspecified atom stereocenters. The number of likely N-dealkylation sites (tertiary alicyclic amines) is 1. The Hall–Kier alpha value is -2.56. The number of piperidine rings is 1. The lowest BCUT2D eigenvalue weighted by atomic mass is 9.84. The summed E-state index contributed by atoms with van der Waals surface area (Å²) in [6, 6.07) is 10.1. The van der Waals surface area contributed by atoms with E-state index >= 15 is 0 Å². The summed E-state index contributed by atoms with van der Waals surface area (Å²) in [5, 5.41) is 0. The van der Waals surface area contributed by atoms with Crippen molar-refractivity contribution in [1.29, 1.82) is 0 Å². The molecule has 1 aromatic carbocycles. The quantitative estimate of drug-likeness (QED) is 0.798. The number of carbonyl (C=O) groups is 2. The van der Waals surface area contributed by atoms with Gasteiger partial charge in [0.2, 0.25) is 0 Å². The number of benzene rings is 1. The SMILES string of the molecule is Cc1ccc(N2CCCC3(CCCN3C(=O)c3cc(C)n(C)c3C)C2=O)cc1. The highest BCUT2D eigenvalue weighted by Gasteiger charge is 2.53. The van der Waals surface area contributed by atoms with Crippen LogP contribution in [0.1, 0.15) is 53.0 Å². The Labute approximate surface area is 166 Å². The number of carbonyl (C=O) groups excluding carboxylic acids is 2. The molecule has 1 atom stereocenters. The first-order valence-corrected chi connectivity index (χ1v) is 10.2. The highest BCUT2D eigenvalue weighted by Crippen LogP contribution is 2.40. The highest BCUT2D eigenvalue weighted by molar-refractivity contribution is 6.06. The summed E-state index contributed by atoms with van der Waals surface area (Å²) in [5.74, 6) is 0.0802. The van der Waals surface area contributed by atoms with Crippen LogP contribution in [0, 0.1) is 20.8 Å². The molecule has 1 spiro atoms. The van der Waals surface area contributed by atoms with Crippen LogP contribution in [0.4, 0.5) is 5.69 Å². The average molecular weight is 380 g/mol. The fraction of sp³-hybridized carbons (Fsp3) is 0.478.